The summed E-state index contributed by atoms with van der Waals surface area (Å²) in [6.45, 7) is 14.4. The maximum atomic E-state index is 9.58. The molecule has 3 aromatic rings. The third kappa shape index (κ3) is 5.34. The molecule has 5 heterocycles. The Hall–Kier alpha value is -3.39. The first-order valence-electron chi connectivity index (χ1n) is 14.2. The summed E-state index contributed by atoms with van der Waals surface area (Å²) in [5.41, 5.74) is 11.1. The second-order valence-corrected chi connectivity index (χ2v) is 11.9. The van der Waals surface area contributed by atoms with Crippen molar-refractivity contribution in [1.82, 2.24) is 14.9 Å². The molecule has 10 heteroatoms. The molecule has 0 unspecified atom stereocenters. The Balaban J connectivity index is 1.09. The maximum absolute atomic E-state index is 9.58. The smallest absolute Gasteiger partial charge is 0.141 e. The van der Waals surface area contributed by atoms with Gasteiger partial charge in [0.2, 0.25) is 0 Å². The van der Waals surface area contributed by atoms with Gasteiger partial charge in [0.15, 0.2) is 0 Å². The van der Waals surface area contributed by atoms with Crippen LogP contribution in [0, 0.1) is 18.3 Å². The summed E-state index contributed by atoms with van der Waals surface area (Å²) in [6.07, 6.45) is 0.193. The van der Waals surface area contributed by atoms with E-state index in [-0.39, 0.29) is 17.7 Å². The van der Waals surface area contributed by atoms with Crippen LogP contribution in [0.3, 0.4) is 0 Å². The molecule has 2 atom stereocenters. The number of benzene rings is 1. The number of nitriles is 1. The van der Waals surface area contributed by atoms with Crippen LogP contribution in [-0.2, 0) is 4.74 Å². The van der Waals surface area contributed by atoms with Crippen molar-refractivity contribution in [3.05, 3.63) is 47.7 Å². The number of aryl methyl sites for hydroxylation is 1. The number of pyridine rings is 2. The zero-order valence-electron chi connectivity index (χ0n) is 23.7. The standard InChI is InChI=1S/C30H37BN8O/c1-20-15-38(26-6-4-22(14-32)29-24(26)5-8-27(31)35-29)17-23(40-20)16-36-10-12-37(13-11-36)25-7-9-28(34-21(25)2)39-18-30(3,33)19-39/h4-9,20,23H,10-13,15-19,33H2,1-3H3/t20-,23+/m1/s1. The van der Waals surface area contributed by atoms with E-state index in [9.17, 15) is 5.26 Å². The minimum absolute atomic E-state index is 0.0928. The first-order chi connectivity index (χ1) is 19.2. The van der Waals surface area contributed by atoms with Gasteiger partial charge in [0.05, 0.1) is 34.7 Å². The highest BCUT2D eigenvalue weighted by Crippen LogP contribution is 2.31. The number of nitrogens with zero attached hydrogens (tertiary/aromatic N) is 7. The Kier molecular flexibility index (Phi) is 7.07. The second kappa shape index (κ2) is 10.5. The van der Waals surface area contributed by atoms with Crippen LogP contribution in [0.5, 0.6) is 0 Å². The lowest BCUT2D eigenvalue weighted by Gasteiger charge is -2.46. The lowest BCUT2D eigenvalue weighted by Crippen LogP contribution is -2.65. The molecule has 3 saturated heterocycles. The Labute approximate surface area is 237 Å². The van der Waals surface area contributed by atoms with Crippen LogP contribution in [-0.4, -0.2) is 99.4 Å². The van der Waals surface area contributed by atoms with Gasteiger partial charge in [0, 0.05) is 75.5 Å². The van der Waals surface area contributed by atoms with E-state index in [0.717, 1.165) is 81.5 Å². The van der Waals surface area contributed by atoms with Crippen molar-refractivity contribution in [1.29, 1.82) is 5.26 Å². The second-order valence-electron chi connectivity index (χ2n) is 11.9. The number of anilines is 3. The van der Waals surface area contributed by atoms with Gasteiger partial charge in [-0.3, -0.25) is 9.88 Å². The van der Waals surface area contributed by atoms with Gasteiger partial charge >= 0.3 is 0 Å². The van der Waals surface area contributed by atoms with Gasteiger partial charge in [0.1, 0.15) is 19.7 Å². The van der Waals surface area contributed by atoms with Crippen molar-refractivity contribution in [3.8, 4) is 6.07 Å². The van der Waals surface area contributed by atoms with Crippen LogP contribution in [0.1, 0.15) is 25.1 Å². The van der Waals surface area contributed by atoms with Crippen molar-refractivity contribution >= 4 is 41.5 Å². The molecular formula is C30H37BN8O. The SMILES string of the molecule is [B]c1ccc2c(N3C[C@H](CN4CCN(c5ccc(N6CC(C)(N)C6)nc5C)CC4)O[C@H](C)C3)ccc(C#N)c2n1. The fraction of sp³-hybridized carbons (Fsp3) is 0.500. The van der Waals surface area contributed by atoms with Crippen LogP contribution >= 0.6 is 0 Å². The van der Waals surface area contributed by atoms with Gasteiger partial charge in [0.25, 0.3) is 0 Å². The Morgan fingerprint density at radius 2 is 1.75 bits per heavy atom. The van der Waals surface area contributed by atoms with E-state index in [2.05, 4.69) is 63.6 Å². The van der Waals surface area contributed by atoms with E-state index in [1.54, 1.807) is 6.07 Å². The fourth-order valence-electron chi connectivity index (χ4n) is 6.42. The Bertz CT molecular complexity index is 1440. The molecule has 2 aromatic heterocycles. The molecule has 3 aliphatic heterocycles. The van der Waals surface area contributed by atoms with Gasteiger partial charge < -0.3 is 25.2 Å². The number of aromatic nitrogens is 2. The summed E-state index contributed by atoms with van der Waals surface area (Å²) < 4.78 is 6.41. The van der Waals surface area contributed by atoms with Crippen molar-refractivity contribution in [2.75, 3.05) is 73.6 Å². The highest BCUT2D eigenvalue weighted by Gasteiger charge is 2.36. The molecule has 3 aliphatic rings. The molecule has 206 valence electrons. The van der Waals surface area contributed by atoms with Crippen molar-refractivity contribution in [3.63, 3.8) is 0 Å². The molecule has 2 radical (unpaired) electrons. The zero-order chi connectivity index (χ0) is 28.0. The average molecular weight is 536 g/mol. The summed E-state index contributed by atoms with van der Waals surface area (Å²) in [4.78, 5) is 18.9. The van der Waals surface area contributed by atoms with E-state index >= 15 is 0 Å². The molecule has 6 rings (SSSR count). The van der Waals surface area contributed by atoms with E-state index in [0.29, 0.717) is 16.7 Å². The van der Waals surface area contributed by atoms with Crippen LogP contribution in [0.25, 0.3) is 10.9 Å². The highest BCUT2D eigenvalue weighted by molar-refractivity contribution is 6.31. The van der Waals surface area contributed by atoms with E-state index in [4.69, 9.17) is 23.3 Å². The number of fused-ring (bicyclic) bond motifs is 1. The van der Waals surface area contributed by atoms with Gasteiger partial charge in [-0.15, -0.1) is 0 Å². The van der Waals surface area contributed by atoms with Gasteiger partial charge in [-0.05, 0) is 56.7 Å². The van der Waals surface area contributed by atoms with Crippen LogP contribution < -0.4 is 26.0 Å². The first kappa shape index (κ1) is 26.8. The molecule has 0 amide bonds. The largest absolute Gasteiger partial charge is 0.370 e. The van der Waals surface area contributed by atoms with E-state index in [1.165, 1.54) is 5.69 Å². The number of nitrogens with two attached hydrogens (primary N) is 1. The molecule has 0 aliphatic carbocycles. The zero-order valence-corrected chi connectivity index (χ0v) is 23.7. The van der Waals surface area contributed by atoms with Crippen molar-refractivity contribution in [2.24, 2.45) is 5.73 Å². The predicted molar refractivity (Wildman–Crippen MR) is 161 cm³/mol. The van der Waals surface area contributed by atoms with Gasteiger partial charge in [-0.2, -0.15) is 5.26 Å². The summed E-state index contributed by atoms with van der Waals surface area (Å²) in [5.74, 6) is 1.02. The number of morpholine rings is 1. The minimum atomic E-state index is -0.108. The maximum Gasteiger partial charge on any atom is 0.141 e. The molecule has 40 heavy (non-hydrogen) atoms. The van der Waals surface area contributed by atoms with Crippen LogP contribution in [0.2, 0.25) is 0 Å². The molecule has 1 aromatic carbocycles. The average Bonchev–Trinajstić information content (AvgIpc) is 2.91. The topological polar surface area (TPSA) is 97.8 Å². The summed E-state index contributed by atoms with van der Waals surface area (Å²) >= 11 is 0. The highest BCUT2D eigenvalue weighted by atomic mass is 16.5. The number of hydrogen-bond acceptors (Lipinski definition) is 9. The Morgan fingerprint density at radius 1 is 1.00 bits per heavy atom. The van der Waals surface area contributed by atoms with Crippen molar-refractivity contribution < 1.29 is 4.74 Å². The predicted octanol–water partition coefficient (Wildman–Crippen LogP) is 1.56. The van der Waals surface area contributed by atoms with Crippen LogP contribution in [0.4, 0.5) is 17.2 Å². The third-order valence-corrected chi connectivity index (χ3v) is 8.29. The monoisotopic (exact) mass is 536 g/mol. The quantitative estimate of drug-likeness (QED) is 0.488. The number of piperazine rings is 1. The summed E-state index contributed by atoms with van der Waals surface area (Å²) in [5, 5.41) is 10.5. The summed E-state index contributed by atoms with van der Waals surface area (Å²) in [7, 11) is 5.94. The van der Waals surface area contributed by atoms with Gasteiger partial charge in [-0.1, -0.05) is 6.07 Å². The lowest BCUT2D eigenvalue weighted by molar-refractivity contribution is -0.0327. The van der Waals surface area contributed by atoms with E-state index < -0.39 is 0 Å². The van der Waals surface area contributed by atoms with Gasteiger partial charge in [-0.25, -0.2) is 4.98 Å². The number of ether oxygens (including phenoxy) is 1. The third-order valence-electron chi connectivity index (χ3n) is 8.29. The Morgan fingerprint density at radius 3 is 2.45 bits per heavy atom. The molecule has 0 saturated carbocycles. The number of rotatable bonds is 5. The lowest BCUT2D eigenvalue weighted by atomic mass is 9.94. The molecular weight excluding hydrogens is 499 g/mol. The number of hydrogen-bond donors (Lipinski definition) is 1. The van der Waals surface area contributed by atoms with Crippen LogP contribution in [0.15, 0.2) is 36.4 Å². The minimum Gasteiger partial charge on any atom is -0.370 e. The summed E-state index contributed by atoms with van der Waals surface area (Å²) in [6, 6.07) is 14.3. The molecule has 0 spiro atoms. The molecule has 9 nitrogen and oxygen atoms in total. The van der Waals surface area contributed by atoms with E-state index in [1.807, 2.05) is 18.2 Å². The molecule has 0 bridgehead atoms. The van der Waals surface area contributed by atoms with Crippen molar-refractivity contribution in [2.45, 2.75) is 38.5 Å². The first-order valence-corrected chi connectivity index (χ1v) is 14.2. The molecule has 3 fully saturated rings. The fourth-order valence-corrected chi connectivity index (χ4v) is 6.42. The molecule has 2 N–H and O–H groups in total. The normalized spacial score (nSPS) is 23.2.